The van der Waals surface area contributed by atoms with Gasteiger partial charge in [0.25, 0.3) is 10.0 Å². The molecule has 1 saturated heterocycles. The summed E-state index contributed by atoms with van der Waals surface area (Å²) in [6.07, 6.45) is 4.82. The zero-order valence-electron chi connectivity index (χ0n) is 19.5. The third-order valence-electron chi connectivity index (χ3n) is 6.27. The average molecular weight is 498 g/mol. The number of allylic oxidation sites excluding steroid dienone is 2. The zero-order valence-corrected chi connectivity index (χ0v) is 20.3. The second-order valence-electron chi connectivity index (χ2n) is 8.57. The molecular formula is C25H27N3O6S. The van der Waals surface area contributed by atoms with Gasteiger partial charge in [0.05, 0.1) is 29.5 Å². The number of nitrogens with zero attached hydrogens (tertiary/aromatic N) is 1. The molecule has 2 atom stereocenters. The van der Waals surface area contributed by atoms with E-state index in [0.29, 0.717) is 29.8 Å². The van der Waals surface area contributed by atoms with Crippen LogP contribution in [0.1, 0.15) is 24.8 Å². The Morgan fingerprint density at radius 2 is 1.71 bits per heavy atom. The highest BCUT2D eigenvalue weighted by molar-refractivity contribution is 7.92. The molecule has 0 saturated carbocycles. The molecule has 2 aliphatic rings. The van der Waals surface area contributed by atoms with Gasteiger partial charge in [-0.2, -0.15) is 0 Å². The van der Waals surface area contributed by atoms with Crippen molar-refractivity contribution in [3.8, 4) is 5.75 Å². The Morgan fingerprint density at radius 3 is 2.37 bits per heavy atom. The van der Waals surface area contributed by atoms with E-state index in [9.17, 15) is 22.8 Å². The topological polar surface area (TPSA) is 122 Å². The van der Waals surface area contributed by atoms with Crippen LogP contribution in [-0.2, 0) is 24.4 Å². The zero-order chi connectivity index (χ0) is 25.2. The number of hydrogen-bond acceptors (Lipinski definition) is 6. The summed E-state index contributed by atoms with van der Waals surface area (Å²) >= 11 is 0. The molecule has 2 N–H and O–H groups in total. The highest BCUT2D eigenvalue weighted by Crippen LogP contribution is 2.35. The SMILES string of the molecule is COc1ccccc1NS(=O)(=O)c1cc(NC(=O)CCN2C(=O)[C@H]3CC=CC[C@@H]3C2=O)ccc1C. The first-order chi connectivity index (χ1) is 16.7. The summed E-state index contributed by atoms with van der Waals surface area (Å²) in [7, 11) is -2.52. The number of benzene rings is 2. The van der Waals surface area contributed by atoms with Gasteiger partial charge in [-0.1, -0.05) is 30.4 Å². The van der Waals surface area contributed by atoms with Gasteiger partial charge in [-0.15, -0.1) is 0 Å². The van der Waals surface area contributed by atoms with Gasteiger partial charge in [-0.05, 0) is 49.6 Å². The molecule has 0 bridgehead atoms. The lowest BCUT2D eigenvalue weighted by atomic mass is 9.85. The van der Waals surface area contributed by atoms with Gasteiger partial charge in [-0.25, -0.2) is 8.42 Å². The van der Waals surface area contributed by atoms with Gasteiger partial charge in [0.1, 0.15) is 5.75 Å². The molecule has 3 amide bonds. The van der Waals surface area contributed by atoms with E-state index in [1.807, 2.05) is 12.2 Å². The van der Waals surface area contributed by atoms with Gasteiger partial charge >= 0.3 is 0 Å². The van der Waals surface area contributed by atoms with Crippen LogP contribution in [0.25, 0.3) is 0 Å². The number of imide groups is 1. The molecule has 4 rings (SSSR count). The summed E-state index contributed by atoms with van der Waals surface area (Å²) in [5.41, 5.74) is 1.08. The summed E-state index contributed by atoms with van der Waals surface area (Å²) in [5.74, 6) is -1.19. The Labute approximate surface area is 204 Å². The molecule has 2 aromatic carbocycles. The summed E-state index contributed by atoms with van der Waals surface area (Å²) in [6, 6.07) is 11.2. The molecule has 2 aromatic rings. The number of sulfonamides is 1. The predicted octanol–water partition coefficient (Wildman–Crippen LogP) is 3.08. The van der Waals surface area contributed by atoms with Crippen molar-refractivity contribution in [3.63, 3.8) is 0 Å². The van der Waals surface area contributed by atoms with Crippen LogP contribution < -0.4 is 14.8 Å². The Hall–Kier alpha value is -3.66. The summed E-state index contributed by atoms with van der Waals surface area (Å²) in [6.45, 7) is 1.64. The largest absolute Gasteiger partial charge is 0.495 e. The Balaban J connectivity index is 1.43. The highest BCUT2D eigenvalue weighted by atomic mass is 32.2. The van der Waals surface area contributed by atoms with Crippen molar-refractivity contribution < 1.29 is 27.5 Å². The fourth-order valence-corrected chi connectivity index (χ4v) is 5.76. The van der Waals surface area contributed by atoms with Crippen molar-refractivity contribution in [2.24, 2.45) is 11.8 Å². The van der Waals surface area contributed by atoms with Crippen LogP contribution in [0.5, 0.6) is 5.75 Å². The number of likely N-dealkylation sites (tertiary alicyclic amines) is 1. The van der Waals surface area contributed by atoms with Gasteiger partial charge in [0, 0.05) is 18.7 Å². The number of anilines is 2. The van der Waals surface area contributed by atoms with Crippen LogP contribution >= 0.6 is 0 Å². The number of carbonyl (C=O) groups excluding carboxylic acids is 3. The van der Waals surface area contributed by atoms with Crippen molar-refractivity contribution in [3.05, 3.63) is 60.2 Å². The smallest absolute Gasteiger partial charge is 0.262 e. The Bertz CT molecular complexity index is 1280. The summed E-state index contributed by atoms with van der Waals surface area (Å²) in [4.78, 5) is 38.9. The van der Waals surface area contributed by atoms with Crippen LogP contribution in [0.3, 0.4) is 0 Å². The van der Waals surface area contributed by atoms with Crippen molar-refractivity contribution in [2.45, 2.75) is 31.1 Å². The van der Waals surface area contributed by atoms with Crippen molar-refractivity contribution in [1.29, 1.82) is 0 Å². The molecule has 1 aliphatic carbocycles. The maximum atomic E-state index is 13.1. The van der Waals surface area contributed by atoms with E-state index in [1.165, 1.54) is 18.1 Å². The van der Waals surface area contributed by atoms with Crippen molar-refractivity contribution in [2.75, 3.05) is 23.7 Å². The molecule has 0 aromatic heterocycles. The first-order valence-corrected chi connectivity index (χ1v) is 12.8. The fourth-order valence-electron chi connectivity index (χ4n) is 4.42. The van der Waals surface area contributed by atoms with Gasteiger partial charge in [-0.3, -0.25) is 24.0 Å². The molecule has 1 heterocycles. The fraction of sp³-hybridized carbons (Fsp3) is 0.320. The monoisotopic (exact) mass is 497 g/mol. The molecule has 0 radical (unpaired) electrons. The number of hydrogen-bond donors (Lipinski definition) is 2. The maximum absolute atomic E-state index is 13.1. The van der Waals surface area contributed by atoms with Crippen LogP contribution in [0.2, 0.25) is 0 Å². The minimum atomic E-state index is -3.97. The first-order valence-electron chi connectivity index (χ1n) is 11.3. The standard InChI is InChI=1S/C25H27N3O6S/c1-16-11-12-17(15-22(16)35(32,33)27-20-9-5-6-10-21(20)34-2)26-23(29)13-14-28-24(30)18-7-3-4-8-19(18)25(28)31/h3-6,9-12,15,18-19,27H,7-8,13-14H2,1-2H3,(H,26,29)/t18-,19-/m0/s1. The van der Waals surface area contributed by atoms with E-state index in [0.717, 1.165) is 0 Å². The van der Waals surface area contributed by atoms with Gasteiger partial charge in [0.15, 0.2) is 0 Å². The lowest BCUT2D eigenvalue weighted by Gasteiger charge is -2.16. The van der Waals surface area contributed by atoms with E-state index in [1.54, 1.807) is 43.3 Å². The van der Waals surface area contributed by atoms with Crippen molar-refractivity contribution >= 4 is 39.1 Å². The lowest BCUT2D eigenvalue weighted by Crippen LogP contribution is -2.34. The number of para-hydroxylation sites is 2. The number of nitrogens with one attached hydrogen (secondary N) is 2. The number of ether oxygens (including phenoxy) is 1. The minimum absolute atomic E-state index is 0.00248. The van der Waals surface area contributed by atoms with Gasteiger partial charge in [0.2, 0.25) is 17.7 Å². The molecule has 1 fully saturated rings. The number of amides is 3. The van der Waals surface area contributed by atoms with Crippen molar-refractivity contribution in [1.82, 2.24) is 4.90 Å². The van der Waals surface area contributed by atoms with E-state index in [4.69, 9.17) is 4.74 Å². The third-order valence-corrected chi connectivity index (χ3v) is 7.78. The number of methoxy groups -OCH3 is 1. The molecule has 9 nitrogen and oxygen atoms in total. The second-order valence-corrected chi connectivity index (χ2v) is 10.2. The molecule has 0 unspecified atom stereocenters. The van der Waals surface area contributed by atoms with Crippen LogP contribution in [-0.4, -0.2) is 44.7 Å². The number of rotatable bonds is 8. The number of fused-ring (bicyclic) bond motifs is 1. The maximum Gasteiger partial charge on any atom is 0.262 e. The van der Waals surface area contributed by atoms with E-state index >= 15 is 0 Å². The molecule has 10 heteroatoms. The molecule has 1 aliphatic heterocycles. The molecular weight excluding hydrogens is 470 g/mol. The van der Waals surface area contributed by atoms with E-state index < -0.39 is 15.9 Å². The summed E-state index contributed by atoms with van der Waals surface area (Å²) in [5, 5.41) is 2.67. The lowest BCUT2D eigenvalue weighted by molar-refractivity contribution is -0.140. The summed E-state index contributed by atoms with van der Waals surface area (Å²) < 4.78 is 33.8. The predicted molar refractivity (Wildman–Crippen MR) is 130 cm³/mol. The van der Waals surface area contributed by atoms with Gasteiger partial charge < -0.3 is 10.1 Å². The highest BCUT2D eigenvalue weighted by Gasteiger charge is 2.46. The third kappa shape index (κ3) is 5.07. The van der Waals surface area contributed by atoms with Crippen LogP contribution in [0.4, 0.5) is 11.4 Å². The second kappa shape index (κ2) is 9.91. The first kappa shape index (κ1) is 24.5. The van der Waals surface area contributed by atoms with E-state index in [2.05, 4.69) is 10.0 Å². The van der Waals surface area contributed by atoms with Crippen LogP contribution in [0.15, 0.2) is 59.5 Å². The Kier molecular flexibility index (Phi) is 6.93. The molecule has 184 valence electrons. The average Bonchev–Trinajstić information content (AvgIpc) is 3.08. The van der Waals surface area contributed by atoms with Crippen LogP contribution in [0, 0.1) is 18.8 Å². The molecule has 35 heavy (non-hydrogen) atoms. The van der Waals surface area contributed by atoms with E-state index in [-0.39, 0.29) is 47.2 Å². The minimum Gasteiger partial charge on any atom is -0.495 e. The quantitative estimate of drug-likeness (QED) is 0.427. The number of carbonyl (C=O) groups is 3. The molecule has 0 spiro atoms. The Morgan fingerprint density at radius 1 is 1.06 bits per heavy atom. The number of aryl methyl sites for hydroxylation is 1. The normalized spacial score (nSPS) is 19.4.